The molecule has 0 aromatic rings. The molecule has 0 bridgehead atoms. The fourth-order valence-electron chi connectivity index (χ4n) is 2.52. The Morgan fingerprint density at radius 2 is 1.73 bits per heavy atom. The van der Waals surface area contributed by atoms with Gasteiger partial charge < -0.3 is 5.32 Å². The second-order valence-corrected chi connectivity index (χ2v) is 7.27. The van der Waals surface area contributed by atoms with Crippen LogP contribution in [0.4, 0.5) is 0 Å². The number of rotatable bonds is 4. The van der Waals surface area contributed by atoms with Crippen LogP contribution in [0, 0.1) is 11.8 Å². The number of hydrogen-bond acceptors (Lipinski definition) is 2. The van der Waals surface area contributed by atoms with Crippen molar-refractivity contribution in [1.82, 2.24) is 5.32 Å². The SMILES string of the molecule is CSC(C)(C)CNC1C(C)CCCC1C. The standard InChI is InChI=1S/C13H27NS/c1-10-7-6-8-11(2)12(10)14-9-13(3,4)15-5/h10-12,14H,6-9H2,1-5H3. The Morgan fingerprint density at radius 1 is 1.20 bits per heavy atom. The van der Waals surface area contributed by atoms with Crippen LogP contribution in [-0.2, 0) is 0 Å². The van der Waals surface area contributed by atoms with Crippen molar-refractivity contribution in [2.24, 2.45) is 11.8 Å². The largest absolute Gasteiger partial charge is 0.312 e. The minimum absolute atomic E-state index is 0.372. The van der Waals surface area contributed by atoms with Crippen LogP contribution < -0.4 is 5.32 Å². The zero-order valence-corrected chi connectivity index (χ0v) is 11.8. The van der Waals surface area contributed by atoms with Gasteiger partial charge in [-0.05, 0) is 44.8 Å². The van der Waals surface area contributed by atoms with Crippen molar-refractivity contribution >= 4 is 11.8 Å². The van der Waals surface area contributed by atoms with Crippen LogP contribution in [0.5, 0.6) is 0 Å². The second kappa shape index (κ2) is 5.58. The lowest BCUT2D eigenvalue weighted by Crippen LogP contribution is -2.47. The summed E-state index contributed by atoms with van der Waals surface area (Å²) in [7, 11) is 0. The number of thioether (sulfide) groups is 1. The maximum Gasteiger partial charge on any atom is 0.0225 e. The molecule has 0 heterocycles. The lowest BCUT2D eigenvalue weighted by molar-refractivity contribution is 0.206. The van der Waals surface area contributed by atoms with Gasteiger partial charge in [-0.3, -0.25) is 0 Å². The maximum atomic E-state index is 3.79. The van der Waals surface area contributed by atoms with E-state index in [4.69, 9.17) is 0 Å². The van der Waals surface area contributed by atoms with E-state index in [1.807, 2.05) is 11.8 Å². The number of nitrogens with one attached hydrogen (secondary N) is 1. The van der Waals surface area contributed by atoms with E-state index in [-0.39, 0.29) is 0 Å². The molecule has 2 heteroatoms. The third-order valence-electron chi connectivity index (χ3n) is 3.86. The Morgan fingerprint density at radius 3 is 2.20 bits per heavy atom. The molecule has 1 aliphatic rings. The monoisotopic (exact) mass is 229 g/mol. The topological polar surface area (TPSA) is 12.0 Å². The molecule has 0 spiro atoms. The highest BCUT2D eigenvalue weighted by atomic mass is 32.2. The van der Waals surface area contributed by atoms with Gasteiger partial charge in [-0.1, -0.05) is 20.3 Å². The summed E-state index contributed by atoms with van der Waals surface area (Å²) in [6.07, 6.45) is 6.44. The molecule has 1 fully saturated rings. The van der Waals surface area contributed by atoms with Crippen molar-refractivity contribution < 1.29 is 0 Å². The average Bonchev–Trinajstić information content (AvgIpc) is 2.17. The first-order chi connectivity index (χ1) is 6.96. The molecule has 0 aromatic heterocycles. The van der Waals surface area contributed by atoms with E-state index in [9.17, 15) is 0 Å². The molecule has 0 aliphatic heterocycles. The maximum absolute atomic E-state index is 3.79. The molecule has 0 amide bonds. The lowest BCUT2D eigenvalue weighted by atomic mass is 9.78. The smallest absolute Gasteiger partial charge is 0.0225 e. The van der Waals surface area contributed by atoms with Crippen LogP contribution >= 0.6 is 11.8 Å². The zero-order chi connectivity index (χ0) is 11.5. The van der Waals surface area contributed by atoms with Gasteiger partial charge in [0.15, 0.2) is 0 Å². The van der Waals surface area contributed by atoms with Gasteiger partial charge in [0.25, 0.3) is 0 Å². The van der Waals surface area contributed by atoms with E-state index in [1.165, 1.54) is 19.3 Å². The first kappa shape index (κ1) is 13.4. The van der Waals surface area contributed by atoms with Crippen molar-refractivity contribution in [1.29, 1.82) is 0 Å². The summed E-state index contributed by atoms with van der Waals surface area (Å²) in [6.45, 7) is 10.6. The predicted molar refractivity (Wildman–Crippen MR) is 71.6 cm³/mol. The molecule has 0 aromatic carbocycles. The van der Waals surface area contributed by atoms with Gasteiger partial charge in [-0.2, -0.15) is 11.8 Å². The van der Waals surface area contributed by atoms with Gasteiger partial charge in [0, 0.05) is 17.3 Å². The van der Waals surface area contributed by atoms with Crippen molar-refractivity contribution in [3.8, 4) is 0 Å². The van der Waals surface area contributed by atoms with E-state index >= 15 is 0 Å². The minimum Gasteiger partial charge on any atom is -0.312 e. The molecular formula is C13H27NS. The van der Waals surface area contributed by atoms with Gasteiger partial charge in [0.1, 0.15) is 0 Å². The molecule has 1 saturated carbocycles. The molecular weight excluding hydrogens is 202 g/mol. The van der Waals surface area contributed by atoms with E-state index < -0.39 is 0 Å². The third kappa shape index (κ3) is 3.99. The minimum atomic E-state index is 0.372. The van der Waals surface area contributed by atoms with Crippen molar-refractivity contribution in [3.63, 3.8) is 0 Å². The summed E-state index contributed by atoms with van der Waals surface area (Å²) in [5.41, 5.74) is 0. The Hall–Kier alpha value is 0.310. The Bertz CT molecular complexity index is 181. The van der Waals surface area contributed by atoms with E-state index in [1.54, 1.807) is 0 Å². The summed E-state index contributed by atoms with van der Waals surface area (Å²) in [4.78, 5) is 0. The van der Waals surface area contributed by atoms with Crippen LogP contribution in [0.25, 0.3) is 0 Å². The van der Waals surface area contributed by atoms with Crippen molar-refractivity contribution in [2.45, 2.75) is 57.7 Å². The summed E-state index contributed by atoms with van der Waals surface area (Å²) in [5.74, 6) is 1.71. The van der Waals surface area contributed by atoms with Crippen LogP contribution in [0.15, 0.2) is 0 Å². The van der Waals surface area contributed by atoms with Crippen molar-refractivity contribution in [2.75, 3.05) is 12.8 Å². The van der Waals surface area contributed by atoms with Crippen LogP contribution in [0.2, 0.25) is 0 Å². The molecule has 0 saturated heterocycles. The van der Waals surface area contributed by atoms with Gasteiger partial charge >= 0.3 is 0 Å². The first-order valence-corrected chi connectivity index (χ1v) is 7.47. The highest BCUT2D eigenvalue weighted by molar-refractivity contribution is 7.99. The Labute approximate surface area is 99.8 Å². The van der Waals surface area contributed by atoms with Crippen molar-refractivity contribution in [3.05, 3.63) is 0 Å². The molecule has 2 unspecified atom stereocenters. The molecule has 2 atom stereocenters. The van der Waals surface area contributed by atoms with Crippen LogP contribution in [0.3, 0.4) is 0 Å². The Balaban J connectivity index is 2.42. The normalized spacial score (nSPS) is 33.0. The summed E-state index contributed by atoms with van der Waals surface area (Å²) in [5, 5.41) is 3.79. The molecule has 1 aliphatic carbocycles. The highest BCUT2D eigenvalue weighted by Gasteiger charge is 2.28. The molecule has 15 heavy (non-hydrogen) atoms. The lowest BCUT2D eigenvalue weighted by Gasteiger charge is -2.37. The number of hydrogen-bond donors (Lipinski definition) is 1. The fraction of sp³-hybridized carbons (Fsp3) is 1.00. The third-order valence-corrected chi connectivity index (χ3v) is 5.11. The summed E-state index contributed by atoms with van der Waals surface area (Å²) >= 11 is 1.96. The van der Waals surface area contributed by atoms with Gasteiger partial charge in [0.05, 0.1) is 0 Å². The molecule has 90 valence electrons. The quantitative estimate of drug-likeness (QED) is 0.791. The summed E-state index contributed by atoms with van der Waals surface area (Å²) in [6, 6.07) is 0.741. The molecule has 1 nitrogen and oxygen atoms in total. The van der Waals surface area contributed by atoms with E-state index in [0.29, 0.717) is 4.75 Å². The van der Waals surface area contributed by atoms with Gasteiger partial charge in [-0.25, -0.2) is 0 Å². The average molecular weight is 229 g/mol. The molecule has 1 rings (SSSR count). The van der Waals surface area contributed by atoms with Crippen LogP contribution in [-0.4, -0.2) is 23.6 Å². The first-order valence-electron chi connectivity index (χ1n) is 6.25. The zero-order valence-electron chi connectivity index (χ0n) is 11.0. The van der Waals surface area contributed by atoms with Gasteiger partial charge in [0.2, 0.25) is 0 Å². The fourth-order valence-corrected chi connectivity index (χ4v) is 2.75. The predicted octanol–water partition coefficient (Wildman–Crippen LogP) is 3.54. The summed E-state index contributed by atoms with van der Waals surface area (Å²) < 4.78 is 0.372. The molecule has 1 N–H and O–H groups in total. The molecule has 0 radical (unpaired) electrons. The van der Waals surface area contributed by atoms with E-state index in [0.717, 1.165) is 24.4 Å². The van der Waals surface area contributed by atoms with Crippen LogP contribution in [0.1, 0.15) is 47.0 Å². The Kier molecular flexibility index (Phi) is 4.98. The second-order valence-electron chi connectivity index (χ2n) is 5.76. The highest BCUT2D eigenvalue weighted by Crippen LogP contribution is 2.29. The van der Waals surface area contributed by atoms with Gasteiger partial charge in [-0.15, -0.1) is 0 Å². The van der Waals surface area contributed by atoms with E-state index in [2.05, 4.69) is 39.3 Å².